The summed E-state index contributed by atoms with van der Waals surface area (Å²) in [6.45, 7) is 0.915. The summed E-state index contributed by atoms with van der Waals surface area (Å²) in [6.07, 6.45) is 3.64. The number of likely N-dealkylation sites (tertiary alicyclic amines) is 1. The van der Waals surface area contributed by atoms with Gasteiger partial charge in [0.15, 0.2) is 0 Å². The van der Waals surface area contributed by atoms with E-state index in [0.29, 0.717) is 25.1 Å². The molecular weight excluding hydrogens is 366 g/mol. The molecule has 0 saturated carbocycles. The zero-order valence-corrected chi connectivity index (χ0v) is 16.6. The number of benzene rings is 2. The largest absolute Gasteiger partial charge is 0.383 e. The first-order chi connectivity index (χ1) is 14.0. The number of hydrogen-bond acceptors (Lipinski definition) is 5. The molecule has 1 aromatic heterocycles. The molecule has 4 rings (SSSR count). The number of likely N-dealkylation sites (N-methyl/N-ethyl adjacent to an activating group) is 1. The molecule has 0 spiro atoms. The van der Waals surface area contributed by atoms with E-state index in [-0.39, 0.29) is 11.9 Å². The Kier molecular flexibility index (Phi) is 5.17. The van der Waals surface area contributed by atoms with E-state index >= 15 is 0 Å². The Hall–Kier alpha value is -3.03. The average Bonchev–Trinajstić information content (AvgIpc) is 3.29. The van der Waals surface area contributed by atoms with Crippen molar-refractivity contribution >= 4 is 5.91 Å². The molecule has 0 radical (unpaired) electrons. The molecule has 2 heterocycles. The van der Waals surface area contributed by atoms with Gasteiger partial charge in [0.1, 0.15) is 18.3 Å². The lowest BCUT2D eigenvalue weighted by Crippen LogP contribution is -2.60. The summed E-state index contributed by atoms with van der Waals surface area (Å²) in [6, 6.07) is 16.9. The van der Waals surface area contributed by atoms with Crippen molar-refractivity contribution < 1.29 is 9.90 Å². The lowest BCUT2D eigenvalue weighted by atomic mass is 9.79. The van der Waals surface area contributed by atoms with Gasteiger partial charge in [-0.25, -0.2) is 0 Å². The van der Waals surface area contributed by atoms with Crippen LogP contribution in [0, 0.1) is 0 Å². The molecule has 3 aromatic rings. The van der Waals surface area contributed by atoms with E-state index in [1.54, 1.807) is 17.2 Å². The molecule has 7 heteroatoms. The predicted octanol–water partition coefficient (Wildman–Crippen LogP) is 1.93. The zero-order valence-electron chi connectivity index (χ0n) is 16.6. The Morgan fingerprint density at radius 1 is 1.07 bits per heavy atom. The van der Waals surface area contributed by atoms with E-state index in [0.717, 1.165) is 11.3 Å². The third kappa shape index (κ3) is 3.54. The molecule has 1 aliphatic rings. The van der Waals surface area contributed by atoms with Crippen molar-refractivity contribution in [3.8, 4) is 5.69 Å². The van der Waals surface area contributed by atoms with Crippen LogP contribution in [0.15, 0.2) is 67.3 Å². The second kappa shape index (κ2) is 7.77. The number of aliphatic hydroxyl groups is 1. The quantitative estimate of drug-likeness (QED) is 0.736. The molecule has 1 amide bonds. The average molecular weight is 391 g/mol. The smallest absolute Gasteiger partial charge is 0.256 e. The molecule has 1 aliphatic heterocycles. The van der Waals surface area contributed by atoms with Gasteiger partial charge in [0, 0.05) is 13.1 Å². The number of rotatable bonds is 4. The molecule has 2 atom stereocenters. The Morgan fingerprint density at radius 2 is 1.72 bits per heavy atom. The maximum absolute atomic E-state index is 13.4. The first kappa shape index (κ1) is 19.3. The Morgan fingerprint density at radius 3 is 2.41 bits per heavy atom. The van der Waals surface area contributed by atoms with Crippen LogP contribution >= 0.6 is 0 Å². The second-order valence-electron chi connectivity index (χ2n) is 7.66. The summed E-state index contributed by atoms with van der Waals surface area (Å²) in [5.41, 5.74) is 1.22. The second-order valence-corrected chi connectivity index (χ2v) is 7.66. The molecule has 0 unspecified atom stereocenters. The first-order valence-corrected chi connectivity index (χ1v) is 9.68. The van der Waals surface area contributed by atoms with Gasteiger partial charge in [-0.2, -0.15) is 0 Å². The summed E-state index contributed by atoms with van der Waals surface area (Å²) in [5.74, 6) is -0.0590. The molecule has 150 valence electrons. The standard InChI is InChI=1S/C22H25N5O2/c1-25(2)20-14-26(13-12-22(20,29)17-8-4-3-5-9-17)21(28)18-10-6-7-11-19(18)27-15-23-24-16-27/h3-11,15-16,20,29H,12-14H2,1-2H3/t20-,22+/m1/s1. The Labute approximate surface area is 170 Å². The molecular formula is C22H25N5O2. The highest BCUT2D eigenvalue weighted by Gasteiger charge is 2.45. The van der Waals surface area contributed by atoms with Crippen molar-refractivity contribution in [1.82, 2.24) is 24.6 Å². The van der Waals surface area contributed by atoms with Crippen LogP contribution in [0.2, 0.25) is 0 Å². The molecule has 29 heavy (non-hydrogen) atoms. The minimum Gasteiger partial charge on any atom is -0.383 e. The fraction of sp³-hybridized carbons (Fsp3) is 0.318. The molecule has 1 N–H and O–H groups in total. The van der Waals surface area contributed by atoms with Crippen LogP contribution in [0.4, 0.5) is 0 Å². The highest BCUT2D eigenvalue weighted by molar-refractivity contribution is 5.98. The van der Waals surface area contributed by atoms with Gasteiger partial charge in [0.05, 0.1) is 17.3 Å². The molecule has 1 saturated heterocycles. The van der Waals surface area contributed by atoms with Crippen LogP contribution in [-0.4, -0.2) is 68.8 Å². The van der Waals surface area contributed by atoms with Gasteiger partial charge in [-0.15, -0.1) is 10.2 Å². The lowest BCUT2D eigenvalue weighted by molar-refractivity contribution is -0.0810. The zero-order chi connectivity index (χ0) is 20.4. The Balaban J connectivity index is 1.63. The summed E-state index contributed by atoms with van der Waals surface area (Å²) >= 11 is 0. The monoisotopic (exact) mass is 391 g/mol. The van der Waals surface area contributed by atoms with Crippen molar-refractivity contribution in [3.05, 3.63) is 78.4 Å². The number of aromatic nitrogens is 3. The van der Waals surface area contributed by atoms with E-state index in [2.05, 4.69) is 10.2 Å². The summed E-state index contributed by atoms with van der Waals surface area (Å²) in [7, 11) is 3.88. The van der Waals surface area contributed by atoms with Gasteiger partial charge in [0.2, 0.25) is 0 Å². The minimum absolute atomic E-state index is 0.0590. The summed E-state index contributed by atoms with van der Waals surface area (Å²) < 4.78 is 1.74. The van der Waals surface area contributed by atoms with Crippen molar-refractivity contribution in [3.63, 3.8) is 0 Å². The SMILES string of the molecule is CN(C)[C@@H]1CN(C(=O)c2ccccc2-n2cnnc2)CC[C@]1(O)c1ccccc1. The van der Waals surface area contributed by atoms with Crippen molar-refractivity contribution in [2.24, 2.45) is 0 Å². The van der Waals surface area contributed by atoms with Crippen molar-refractivity contribution in [2.45, 2.75) is 18.1 Å². The first-order valence-electron chi connectivity index (χ1n) is 9.68. The van der Waals surface area contributed by atoms with Crippen LogP contribution in [0.25, 0.3) is 5.69 Å². The molecule has 1 fully saturated rings. The summed E-state index contributed by atoms with van der Waals surface area (Å²) in [5, 5.41) is 19.2. The fourth-order valence-corrected chi connectivity index (χ4v) is 4.14. The molecule has 0 bridgehead atoms. The normalized spacial score (nSPS) is 22.1. The Bertz CT molecular complexity index is 974. The van der Waals surface area contributed by atoms with Gasteiger partial charge >= 0.3 is 0 Å². The third-order valence-electron chi connectivity index (χ3n) is 5.72. The molecule has 0 aliphatic carbocycles. The van der Waals surface area contributed by atoms with Crippen LogP contribution in [0.1, 0.15) is 22.3 Å². The minimum atomic E-state index is -1.00. The summed E-state index contributed by atoms with van der Waals surface area (Å²) in [4.78, 5) is 17.2. The van der Waals surface area contributed by atoms with E-state index < -0.39 is 5.60 Å². The van der Waals surface area contributed by atoms with Gasteiger partial charge < -0.3 is 14.9 Å². The van der Waals surface area contributed by atoms with Crippen molar-refractivity contribution in [2.75, 3.05) is 27.2 Å². The van der Waals surface area contributed by atoms with E-state index in [1.165, 1.54) is 0 Å². The van der Waals surface area contributed by atoms with Crippen LogP contribution in [0.5, 0.6) is 0 Å². The predicted molar refractivity (Wildman–Crippen MR) is 110 cm³/mol. The molecule has 7 nitrogen and oxygen atoms in total. The van der Waals surface area contributed by atoms with Gasteiger partial charge in [-0.3, -0.25) is 9.36 Å². The van der Waals surface area contributed by atoms with Crippen LogP contribution < -0.4 is 0 Å². The fourth-order valence-electron chi connectivity index (χ4n) is 4.14. The van der Waals surface area contributed by atoms with E-state index in [4.69, 9.17) is 0 Å². The van der Waals surface area contributed by atoms with Gasteiger partial charge in [-0.05, 0) is 38.2 Å². The number of carbonyl (C=O) groups is 1. The number of carbonyl (C=O) groups excluding carboxylic acids is 1. The number of amides is 1. The van der Waals surface area contributed by atoms with Gasteiger partial charge in [-0.1, -0.05) is 42.5 Å². The number of para-hydroxylation sites is 1. The topological polar surface area (TPSA) is 74.5 Å². The van der Waals surface area contributed by atoms with Crippen LogP contribution in [-0.2, 0) is 5.60 Å². The van der Waals surface area contributed by atoms with Crippen molar-refractivity contribution in [1.29, 1.82) is 0 Å². The maximum Gasteiger partial charge on any atom is 0.256 e. The van der Waals surface area contributed by atoms with E-state index in [9.17, 15) is 9.90 Å². The molecule has 2 aromatic carbocycles. The maximum atomic E-state index is 13.4. The number of piperidine rings is 1. The third-order valence-corrected chi connectivity index (χ3v) is 5.72. The number of hydrogen-bond donors (Lipinski definition) is 1. The van der Waals surface area contributed by atoms with Gasteiger partial charge in [0.25, 0.3) is 5.91 Å². The van der Waals surface area contributed by atoms with E-state index in [1.807, 2.05) is 78.5 Å². The van der Waals surface area contributed by atoms with Crippen LogP contribution in [0.3, 0.4) is 0 Å². The highest BCUT2D eigenvalue weighted by Crippen LogP contribution is 2.36. The lowest BCUT2D eigenvalue weighted by Gasteiger charge is -2.47. The highest BCUT2D eigenvalue weighted by atomic mass is 16.3. The number of nitrogens with zero attached hydrogens (tertiary/aromatic N) is 5.